The van der Waals surface area contributed by atoms with Gasteiger partial charge in [-0.1, -0.05) is 19.8 Å². The number of hydrogen-bond acceptors (Lipinski definition) is 0. The van der Waals surface area contributed by atoms with E-state index in [9.17, 15) is 8.78 Å². The fourth-order valence-electron chi connectivity index (χ4n) is 7.37. The summed E-state index contributed by atoms with van der Waals surface area (Å²) < 4.78 is 58.2. The van der Waals surface area contributed by atoms with Gasteiger partial charge < -0.3 is 6.42 Å². The molecule has 4 aliphatic rings. The van der Waals surface area contributed by atoms with Crippen LogP contribution in [0.1, 0.15) is 84.0 Å². The predicted molar refractivity (Wildman–Crippen MR) is 123 cm³/mol. The fourth-order valence-corrected chi connectivity index (χ4v) is 7.69. The van der Waals surface area contributed by atoms with Gasteiger partial charge in [-0.25, -0.2) is 17.6 Å². The van der Waals surface area contributed by atoms with E-state index in [0.717, 1.165) is 30.6 Å². The van der Waals surface area contributed by atoms with Crippen molar-refractivity contribution >= 4 is 9.24 Å². The average molecular weight is 573 g/mol. The topological polar surface area (TPSA) is 0 Å². The van der Waals surface area contributed by atoms with Crippen molar-refractivity contribution in [2.75, 3.05) is 0 Å². The summed E-state index contributed by atoms with van der Waals surface area (Å²) in [6.07, 6.45) is 8.15. The van der Waals surface area contributed by atoms with Crippen LogP contribution in [0.4, 0.5) is 17.6 Å². The van der Waals surface area contributed by atoms with Crippen LogP contribution in [0.25, 0.3) is 0 Å². The summed E-state index contributed by atoms with van der Waals surface area (Å²) in [6, 6.07) is 0. The molecule has 33 heavy (non-hydrogen) atoms. The zero-order chi connectivity index (χ0) is 22.1. The van der Waals surface area contributed by atoms with Gasteiger partial charge in [-0.2, -0.15) is 5.92 Å². The molecule has 0 aromatic carbocycles. The fraction of sp³-hybridized carbons (Fsp3) is 0.962. The summed E-state index contributed by atoms with van der Waals surface area (Å²) in [5.41, 5.74) is -0.685. The Morgan fingerprint density at radius 3 is 1.42 bits per heavy atom. The van der Waals surface area contributed by atoms with Crippen molar-refractivity contribution in [2.24, 2.45) is 41.4 Å². The molecule has 4 saturated carbocycles. The molecule has 0 heterocycles. The molecule has 0 aliphatic heterocycles. The Morgan fingerprint density at radius 1 is 0.576 bits per heavy atom. The minimum Gasteiger partial charge on any atom is -0.317 e. The summed E-state index contributed by atoms with van der Waals surface area (Å²) in [5.74, 6) is 2.02. The molecule has 5 unspecified atom stereocenters. The van der Waals surface area contributed by atoms with Gasteiger partial charge in [0.05, 0.1) is 12.3 Å². The Bertz CT molecular complexity index is 544. The van der Waals surface area contributed by atoms with E-state index in [-0.39, 0.29) is 58.8 Å². The van der Waals surface area contributed by atoms with Crippen molar-refractivity contribution in [1.82, 2.24) is 0 Å². The summed E-state index contributed by atoms with van der Waals surface area (Å²) >= 11 is 0. The van der Waals surface area contributed by atoms with Crippen LogP contribution < -0.4 is 0 Å². The van der Waals surface area contributed by atoms with Crippen LogP contribution in [0.5, 0.6) is 0 Å². The maximum Gasteiger partial charge on any atom is 0.107 e. The van der Waals surface area contributed by atoms with Crippen LogP contribution in [-0.4, -0.2) is 30.3 Å². The zero-order valence-electron chi connectivity index (χ0n) is 19.8. The second kappa shape index (κ2) is 13.7. The Morgan fingerprint density at radius 2 is 0.970 bits per heavy atom. The average Bonchev–Trinajstić information content (AvgIpc) is 2.75. The Balaban J connectivity index is 0.00000193. The van der Waals surface area contributed by atoms with Gasteiger partial charge in [0, 0.05) is 39.8 Å². The SMILES string of the molecule is CC1CCC(C2CCC(C3CC(F)C([CH-]C4CC(F)C(P)C(F)C4)C(F)C3)CC2)CC1.[Fe].[Fe]. The molecular weight excluding hydrogens is 531 g/mol. The van der Waals surface area contributed by atoms with Gasteiger partial charge in [0.2, 0.25) is 0 Å². The van der Waals surface area contributed by atoms with Gasteiger partial charge in [-0.05, 0) is 93.8 Å². The first-order chi connectivity index (χ1) is 14.8. The molecule has 4 fully saturated rings. The second-order valence-corrected chi connectivity index (χ2v) is 12.3. The van der Waals surface area contributed by atoms with E-state index in [1.165, 1.54) is 38.5 Å². The standard InChI is InChI=1S/C26H42F4P.2Fe/c1-15-2-4-17(5-3-15)18-6-8-19(9-7-18)20-13-22(27)21(23(28)14-20)10-16-11-24(29)26(31)25(30)12-16;;/h10,15-26H,2-9,11-14,31H2,1H3;;/q-1;;. The van der Waals surface area contributed by atoms with Crippen molar-refractivity contribution in [1.29, 1.82) is 0 Å². The van der Waals surface area contributed by atoms with Crippen LogP contribution in [-0.2, 0) is 34.1 Å². The maximum absolute atomic E-state index is 15.1. The van der Waals surface area contributed by atoms with E-state index in [0.29, 0.717) is 18.8 Å². The van der Waals surface area contributed by atoms with Crippen LogP contribution in [0.3, 0.4) is 0 Å². The molecule has 196 valence electrons. The molecule has 0 aromatic heterocycles. The van der Waals surface area contributed by atoms with E-state index < -0.39 is 36.3 Å². The molecule has 0 N–H and O–H groups in total. The molecule has 0 saturated heterocycles. The second-order valence-electron chi connectivity index (χ2n) is 11.6. The van der Waals surface area contributed by atoms with E-state index in [1.54, 1.807) is 6.42 Å². The van der Waals surface area contributed by atoms with Crippen molar-refractivity contribution < 1.29 is 51.7 Å². The quantitative estimate of drug-likeness (QED) is 0.139. The molecule has 0 radical (unpaired) electrons. The molecule has 0 nitrogen and oxygen atoms in total. The van der Waals surface area contributed by atoms with Crippen LogP contribution in [0.15, 0.2) is 0 Å². The Kier molecular flexibility index (Phi) is 12.6. The predicted octanol–water partition coefficient (Wildman–Crippen LogP) is 7.85. The van der Waals surface area contributed by atoms with Crippen molar-refractivity contribution in [3.05, 3.63) is 6.42 Å². The van der Waals surface area contributed by atoms with Crippen LogP contribution in [0, 0.1) is 47.8 Å². The summed E-state index contributed by atoms with van der Waals surface area (Å²) in [6.45, 7) is 2.36. The first kappa shape index (κ1) is 30.4. The van der Waals surface area contributed by atoms with E-state index >= 15 is 8.78 Å². The monoisotopic (exact) mass is 573 g/mol. The van der Waals surface area contributed by atoms with Gasteiger partial charge >= 0.3 is 0 Å². The molecule has 0 aromatic rings. The van der Waals surface area contributed by atoms with Gasteiger partial charge in [0.15, 0.2) is 0 Å². The van der Waals surface area contributed by atoms with Crippen molar-refractivity contribution in [3.8, 4) is 0 Å². The molecule has 4 aliphatic carbocycles. The molecule has 0 spiro atoms. The van der Waals surface area contributed by atoms with Gasteiger partial charge in [-0.3, -0.25) is 0 Å². The number of hydrogen-bond donors (Lipinski definition) is 0. The summed E-state index contributed by atoms with van der Waals surface area (Å²) in [4.78, 5) is 0. The minimum absolute atomic E-state index is 0. The third-order valence-electron chi connectivity index (χ3n) is 9.49. The Labute approximate surface area is 222 Å². The summed E-state index contributed by atoms with van der Waals surface area (Å²) in [7, 11) is 2.25. The summed E-state index contributed by atoms with van der Waals surface area (Å²) in [5, 5.41) is 0. The third kappa shape index (κ3) is 7.60. The van der Waals surface area contributed by atoms with E-state index in [4.69, 9.17) is 0 Å². The van der Waals surface area contributed by atoms with Crippen molar-refractivity contribution in [2.45, 2.75) is 114 Å². The first-order valence-corrected chi connectivity index (χ1v) is 13.6. The molecule has 7 heteroatoms. The number of halogens is 4. The van der Waals surface area contributed by atoms with E-state index in [1.807, 2.05) is 0 Å². The number of alkyl halides is 4. The molecule has 0 amide bonds. The number of rotatable bonds is 4. The molecule has 0 bridgehead atoms. The van der Waals surface area contributed by atoms with Crippen molar-refractivity contribution in [3.63, 3.8) is 0 Å². The molecule has 5 atom stereocenters. The zero-order valence-corrected chi connectivity index (χ0v) is 23.2. The maximum atomic E-state index is 15.1. The van der Waals surface area contributed by atoms with Crippen LogP contribution >= 0.6 is 9.24 Å². The molecular formula is C26H42F4Fe2P-. The van der Waals surface area contributed by atoms with E-state index in [2.05, 4.69) is 16.2 Å². The van der Waals surface area contributed by atoms with Gasteiger partial charge in [0.25, 0.3) is 0 Å². The Hall–Kier alpha value is 1.19. The smallest absolute Gasteiger partial charge is 0.107 e. The molecule has 4 rings (SSSR count). The third-order valence-corrected chi connectivity index (χ3v) is 10.3. The first-order valence-electron chi connectivity index (χ1n) is 13.0. The van der Waals surface area contributed by atoms with Crippen LogP contribution in [0.2, 0.25) is 0 Å². The normalized spacial score (nSPS) is 48.9. The van der Waals surface area contributed by atoms with Gasteiger partial charge in [0.1, 0.15) is 12.3 Å². The largest absolute Gasteiger partial charge is 0.317 e. The minimum atomic E-state index is -1.25. The van der Waals surface area contributed by atoms with Gasteiger partial charge in [-0.15, -0.1) is 15.2 Å².